The highest BCUT2D eigenvalue weighted by atomic mass is 19.1. The van der Waals surface area contributed by atoms with Gasteiger partial charge in [0, 0.05) is 11.3 Å². The summed E-state index contributed by atoms with van der Waals surface area (Å²) in [6.45, 7) is 0. The van der Waals surface area contributed by atoms with Gasteiger partial charge >= 0.3 is 0 Å². The lowest BCUT2D eigenvalue weighted by Gasteiger charge is -2.03. The fourth-order valence-electron chi connectivity index (χ4n) is 1.94. The number of amides is 2. The Balaban J connectivity index is 2.11. The molecule has 0 bridgehead atoms. The van der Waals surface area contributed by atoms with Crippen LogP contribution in [0.4, 0.5) is 10.1 Å². The van der Waals surface area contributed by atoms with E-state index in [2.05, 4.69) is 5.32 Å². The van der Waals surface area contributed by atoms with E-state index in [1.165, 1.54) is 18.2 Å². The topological polar surface area (TPSA) is 85.3 Å². The zero-order valence-corrected chi connectivity index (χ0v) is 9.90. The first-order valence-electron chi connectivity index (χ1n) is 5.89. The van der Waals surface area contributed by atoms with Gasteiger partial charge in [-0.2, -0.15) is 0 Å². The molecule has 2 amide bonds. The van der Waals surface area contributed by atoms with E-state index in [1.807, 2.05) is 0 Å². The first kappa shape index (κ1) is 11.7. The van der Waals surface area contributed by atoms with Crippen molar-refractivity contribution in [3.05, 3.63) is 29.8 Å². The summed E-state index contributed by atoms with van der Waals surface area (Å²) < 4.78 is 18.5. The molecule has 0 saturated heterocycles. The number of carbonyl (C=O) groups excluding carboxylic acids is 2. The van der Waals surface area contributed by atoms with E-state index in [4.69, 9.17) is 10.2 Å². The van der Waals surface area contributed by atoms with Crippen LogP contribution in [0.2, 0.25) is 0 Å². The van der Waals surface area contributed by atoms with E-state index in [0.29, 0.717) is 11.0 Å². The van der Waals surface area contributed by atoms with Crippen LogP contribution < -0.4 is 11.1 Å². The van der Waals surface area contributed by atoms with Crippen LogP contribution in [-0.2, 0) is 4.79 Å². The fourth-order valence-corrected chi connectivity index (χ4v) is 1.94. The minimum absolute atomic E-state index is 0.0424. The van der Waals surface area contributed by atoms with Gasteiger partial charge in [0.25, 0.3) is 5.91 Å². The van der Waals surface area contributed by atoms with Gasteiger partial charge < -0.3 is 15.5 Å². The molecule has 0 atom stereocenters. The van der Waals surface area contributed by atoms with Crippen molar-refractivity contribution in [2.45, 2.75) is 12.8 Å². The zero-order chi connectivity index (χ0) is 13.6. The Labute approximate surface area is 107 Å². The van der Waals surface area contributed by atoms with Crippen molar-refractivity contribution >= 4 is 28.5 Å². The maximum Gasteiger partial charge on any atom is 0.286 e. The summed E-state index contributed by atoms with van der Waals surface area (Å²) in [6.07, 6.45) is 1.64. The number of benzene rings is 1. The lowest BCUT2D eigenvalue weighted by molar-refractivity contribution is -0.117. The standard InChI is InChI=1S/C13H11FN2O3/c14-7-3-4-9-8(5-7)10(11(19-9)12(15)17)16-13(18)6-1-2-6/h3-6H,1-2H2,(H2,15,17)(H,16,18). The van der Waals surface area contributed by atoms with E-state index < -0.39 is 11.7 Å². The van der Waals surface area contributed by atoms with Crippen molar-refractivity contribution in [1.29, 1.82) is 0 Å². The third kappa shape index (κ3) is 2.05. The molecule has 0 aliphatic heterocycles. The van der Waals surface area contributed by atoms with Gasteiger partial charge in [-0.3, -0.25) is 9.59 Å². The van der Waals surface area contributed by atoms with Crippen LogP contribution >= 0.6 is 0 Å². The van der Waals surface area contributed by atoms with Crippen molar-refractivity contribution in [2.24, 2.45) is 11.7 Å². The summed E-state index contributed by atoms with van der Waals surface area (Å²) in [7, 11) is 0. The van der Waals surface area contributed by atoms with E-state index >= 15 is 0 Å². The summed E-state index contributed by atoms with van der Waals surface area (Å²) in [5.41, 5.74) is 5.66. The minimum Gasteiger partial charge on any atom is -0.449 e. The highest BCUT2D eigenvalue weighted by molar-refractivity contribution is 6.11. The van der Waals surface area contributed by atoms with Crippen molar-refractivity contribution in [1.82, 2.24) is 0 Å². The quantitative estimate of drug-likeness (QED) is 0.887. The number of nitrogens with one attached hydrogen (secondary N) is 1. The molecule has 6 heteroatoms. The molecule has 19 heavy (non-hydrogen) atoms. The summed E-state index contributed by atoms with van der Waals surface area (Å²) >= 11 is 0. The number of primary amides is 1. The summed E-state index contributed by atoms with van der Waals surface area (Å²) in [5, 5.41) is 2.94. The van der Waals surface area contributed by atoms with Crippen LogP contribution in [0.1, 0.15) is 23.4 Å². The molecule has 1 aromatic carbocycles. The Morgan fingerprint density at radius 3 is 2.74 bits per heavy atom. The van der Waals surface area contributed by atoms with E-state index in [9.17, 15) is 14.0 Å². The molecule has 98 valence electrons. The van der Waals surface area contributed by atoms with Gasteiger partial charge in [0.15, 0.2) is 0 Å². The number of fused-ring (bicyclic) bond motifs is 1. The van der Waals surface area contributed by atoms with Gasteiger partial charge in [-0.25, -0.2) is 4.39 Å². The Morgan fingerprint density at radius 2 is 2.11 bits per heavy atom. The Bertz CT molecular complexity index is 688. The molecule has 1 saturated carbocycles. The average Bonchev–Trinajstić information content (AvgIpc) is 3.14. The Kier molecular flexibility index (Phi) is 2.51. The van der Waals surface area contributed by atoms with Crippen LogP contribution in [-0.4, -0.2) is 11.8 Å². The van der Waals surface area contributed by atoms with Gasteiger partial charge in [0.05, 0.1) is 0 Å². The fraction of sp³-hybridized carbons (Fsp3) is 0.231. The van der Waals surface area contributed by atoms with E-state index in [-0.39, 0.29) is 23.3 Å². The third-order valence-corrected chi connectivity index (χ3v) is 3.07. The van der Waals surface area contributed by atoms with Crippen LogP contribution in [0.15, 0.2) is 22.6 Å². The SMILES string of the molecule is NC(=O)c1oc2ccc(F)cc2c1NC(=O)C1CC1. The minimum atomic E-state index is -0.803. The molecule has 3 N–H and O–H groups in total. The molecule has 1 aliphatic rings. The van der Waals surface area contributed by atoms with Crippen LogP contribution in [0.25, 0.3) is 11.0 Å². The molecule has 1 heterocycles. The summed E-state index contributed by atoms with van der Waals surface area (Å²) in [4.78, 5) is 23.1. The first-order valence-corrected chi connectivity index (χ1v) is 5.89. The number of rotatable bonds is 3. The van der Waals surface area contributed by atoms with Crippen molar-refractivity contribution in [3.8, 4) is 0 Å². The lowest BCUT2D eigenvalue weighted by atomic mass is 10.2. The molecule has 0 spiro atoms. The summed E-state index contributed by atoms with van der Waals surface area (Å²) in [6, 6.07) is 3.81. The first-order chi connectivity index (χ1) is 9.06. The maximum atomic E-state index is 13.3. The van der Waals surface area contributed by atoms with Crippen molar-refractivity contribution in [3.63, 3.8) is 0 Å². The van der Waals surface area contributed by atoms with Crippen LogP contribution in [0, 0.1) is 11.7 Å². The predicted molar refractivity (Wildman–Crippen MR) is 66.0 cm³/mol. The second kappa shape index (κ2) is 4.08. The molecule has 5 nitrogen and oxygen atoms in total. The number of carbonyl (C=O) groups is 2. The number of hydrogen-bond acceptors (Lipinski definition) is 3. The Hall–Kier alpha value is -2.37. The molecular weight excluding hydrogens is 251 g/mol. The number of furan rings is 1. The monoisotopic (exact) mass is 262 g/mol. The largest absolute Gasteiger partial charge is 0.449 e. The van der Waals surface area contributed by atoms with Gasteiger partial charge in [-0.05, 0) is 31.0 Å². The second-order valence-corrected chi connectivity index (χ2v) is 4.57. The van der Waals surface area contributed by atoms with Crippen molar-refractivity contribution < 1.29 is 18.4 Å². The maximum absolute atomic E-state index is 13.3. The molecule has 0 radical (unpaired) electrons. The molecule has 2 aromatic rings. The smallest absolute Gasteiger partial charge is 0.286 e. The average molecular weight is 262 g/mol. The third-order valence-electron chi connectivity index (χ3n) is 3.07. The molecule has 1 fully saturated rings. The Morgan fingerprint density at radius 1 is 1.37 bits per heavy atom. The zero-order valence-electron chi connectivity index (χ0n) is 9.90. The summed E-state index contributed by atoms with van der Waals surface area (Å²) in [5.74, 6) is -1.68. The van der Waals surface area contributed by atoms with E-state index in [0.717, 1.165) is 12.8 Å². The molecule has 1 aliphatic carbocycles. The normalized spacial score (nSPS) is 14.6. The van der Waals surface area contributed by atoms with Gasteiger partial charge in [-0.15, -0.1) is 0 Å². The lowest BCUT2D eigenvalue weighted by Crippen LogP contribution is -2.17. The van der Waals surface area contributed by atoms with Gasteiger partial charge in [0.2, 0.25) is 11.7 Å². The van der Waals surface area contributed by atoms with Gasteiger partial charge in [0.1, 0.15) is 17.1 Å². The number of hydrogen-bond donors (Lipinski definition) is 2. The highest BCUT2D eigenvalue weighted by Crippen LogP contribution is 2.35. The number of nitrogens with two attached hydrogens (primary N) is 1. The van der Waals surface area contributed by atoms with E-state index in [1.54, 1.807) is 0 Å². The van der Waals surface area contributed by atoms with Gasteiger partial charge in [-0.1, -0.05) is 0 Å². The number of anilines is 1. The molecule has 3 rings (SSSR count). The predicted octanol–water partition coefficient (Wildman–Crippen LogP) is 2.02. The number of halogens is 1. The van der Waals surface area contributed by atoms with Crippen LogP contribution in [0.5, 0.6) is 0 Å². The van der Waals surface area contributed by atoms with Crippen LogP contribution in [0.3, 0.4) is 0 Å². The highest BCUT2D eigenvalue weighted by Gasteiger charge is 2.31. The molecule has 1 aromatic heterocycles. The molecule has 0 unspecified atom stereocenters. The second-order valence-electron chi connectivity index (χ2n) is 4.57. The molecular formula is C13H11FN2O3. The van der Waals surface area contributed by atoms with Crippen molar-refractivity contribution in [2.75, 3.05) is 5.32 Å².